The number of anilines is 1. The van der Waals surface area contributed by atoms with Crippen molar-refractivity contribution in [1.82, 2.24) is 4.90 Å². The predicted molar refractivity (Wildman–Crippen MR) is 111 cm³/mol. The predicted octanol–water partition coefficient (Wildman–Crippen LogP) is 5.80. The first-order valence-electron chi connectivity index (χ1n) is 9.15. The number of hydrogen-bond donors (Lipinski definition) is 1. The molecule has 0 unspecified atom stereocenters. The summed E-state index contributed by atoms with van der Waals surface area (Å²) < 4.78 is 44.2. The fourth-order valence-electron chi connectivity index (χ4n) is 2.71. The number of alkyl halides is 3. The van der Waals surface area contributed by atoms with Crippen LogP contribution >= 0.6 is 12.2 Å². The van der Waals surface area contributed by atoms with Gasteiger partial charge in [-0.1, -0.05) is 37.6 Å². The zero-order valence-corrected chi connectivity index (χ0v) is 16.9. The van der Waals surface area contributed by atoms with Crippen molar-refractivity contribution in [2.45, 2.75) is 38.9 Å². The molecule has 2 rings (SSSR count). The number of ether oxygens (including phenoxy) is 1. The molecule has 0 spiro atoms. The van der Waals surface area contributed by atoms with Crippen LogP contribution in [0.25, 0.3) is 0 Å². The average molecular weight is 411 g/mol. The van der Waals surface area contributed by atoms with E-state index in [1.54, 1.807) is 24.3 Å². The summed E-state index contributed by atoms with van der Waals surface area (Å²) in [4.78, 5) is 1.11. The summed E-state index contributed by atoms with van der Waals surface area (Å²) >= 11 is 5.27. The van der Waals surface area contributed by atoms with Gasteiger partial charge in [-0.25, -0.2) is 0 Å². The van der Waals surface area contributed by atoms with Crippen LogP contribution in [0.5, 0.6) is 5.75 Å². The lowest BCUT2D eigenvalue weighted by molar-refractivity contribution is -0.138. The first-order valence-corrected chi connectivity index (χ1v) is 9.56. The molecule has 0 fully saturated rings. The van der Waals surface area contributed by atoms with Crippen molar-refractivity contribution in [3.8, 4) is 5.75 Å². The van der Waals surface area contributed by atoms with E-state index in [-0.39, 0.29) is 11.7 Å². The van der Waals surface area contributed by atoms with Crippen LogP contribution in [0.2, 0.25) is 0 Å². The van der Waals surface area contributed by atoms with E-state index in [9.17, 15) is 13.2 Å². The number of thiocarbonyl (C=S) groups is 1. The molecular weight excluding hydrogens is 385 g/mol. The zero-order valence-electron chi connectivity index (χ0n) is 16.1. The zero-order chi connectivity index (χ0) is 20.6. The summed E-state index contributed by atoms with van der Waals surface area (Å²) in [5.41, 5.74) is 2.58. The molecular formula is C21H25F3N2OS. The van der Waals surface area contributed by atoms with Crippen molar-refractivity contribution in [2.24, 2.45) is 0 Å². The number of benzene rings is 2. The summed E-state index contributed by atoms with van der Waals surface area (Å²) in [5, 5.41) is 2.96. The highest BCUT2D eigenvalue weighted by Crippen LogP contribution is 2.21. The van der Waals surface area contributed by atoms with Gasteiger partial charge >= 0.3 is 6.18 Å². The van der Waals surface area contributed by atoms with Crippen LogP contribution in [0, 0.1) is 0 Å². The molecule has 2 aromatic rings. The van der Waals surface area contributed by atoms with Gasteiger partial charge in [-0.2, -0.15) is 13.2 Å². The maximum absolute atomic E-state index is 13.0. The van der Waals surface area contributed by atoms with E-state index in [0.29, 0.717) is 17.0 Å². The maximum Gasteiger partial charge on any atom is 0.406 e. The summed E-state index contributed by atoms with van der Waals surface area (Å²) in [6.45, 7) is 1.05. The average Bonchev–Trinajstić information content (AvgIpc) is 2.66. The van der Waals surface area contributed by atoms with Crippen molar-refractivity contribution in [1.29, 1.82) is 0 Å². The Balaban J connectivity index is 2.07. The van der Waals surface area contributed by atoms with Gasteiger partial charge in [-0.05, 0) is 60.5 Å². The molecule has 0 atom stereocenters. The van der Waals surface area contributed by atoms with Gasteiger partial charge in [0.25, 0.3) is 0 Å². The van der Waals surface area contributed by atoms with E-state index in [1.165, 1.54) is 12.7 Å². The third-order valence-electron chi connectivity index (χ3n) is 4.21. The second-order valence-electron chi connectivity index (χ2n) is 6.55. The molecule has 0 amide bonds. The molecule has 3 nitrogen and oxygen atoms in total. The molecule has 0 bridgehead atoms. The van der Waals surface area contributed by atoms with Crippen molar-refractivity contribution < 1.29 is 17.9 Å². The molecule has 28 heavy (non-hydrogen) atoms. The monoisotopic (exact) mass is 410 g/mol. The lowest BCUT2D eigenvalue weighted by atomic mass is 10.1. The minimum Gasteiger partial charge on any atom is -0.497 e. The summed E-state index contributed by atoms with van der Waals surface area (Å²) in [6.07, 6.45) is -1.16. The van der Waals surface area contributed by atoms with Crippen LogP contribution in [-0.4, -0.2) is 29.8 Å². The molecule has 0 aliphatic carbocycles. The number of unbranched alkanes of at least 4 members (excludes halogenated alkanes) is 1. The molecule has 0 heterocycles. The van der Waals surface area contributed by atoms with Gasteiger partial charge < -0.3 is 15.0 Å². The number of halogens is 3. The number of nitrogens with zero attached hydrogens (tertiary/aromatic N) is 1. The topological polar surface area (TPSA) is 24.5 Å². The molecule has 1 N–H and O–H groups in total. The second-order valence-corrected chi connectivity index (χ2v) is 6.94. The summed E-state index contributed by atoms with van der Waals surface area (Å²) in [6, 6.07) is 14.5. The van der Waals surface area contributed by atoms with E-state index in [2.05, 4.69) is 12.2 Å². The number of methoxy groups -OCH3 is 1. The van der Waals surface area contributed by atoms with Gasteiger partial charge in [-0.15, -0.1) is 0 Å². The highest BCUT2D eigenvalue weighted by atomic mass is 32.1. The van der Waals surface area contributed by atoms with Gasteiger partial charge in [0, 0.05) is 12.2 Å². The van der Waals surface area contributed by atoms with Crippen LogP contribution in [-0.2, 0) is 13.0 Å². The minimum atomic E-state index is -4.36. The Bertz CT molecular complexity index is 746. The Kier molecular flexibility index (Phi) is 8.11. The smallest absolute Gasteiger partial charge is 0.406 e. The number of nitrogens with one attached hydrogen (secondary N) is 1. The Labute approximate surface area is 169 Å². The highest BCUT2D eigenvalue weighted by molar-refractivity contribution is 7.80. The molecule has 0 aromatic heterocycles. The van der Waals surface area contributed by atoms with E-state index in [0.717, 1.165) is 24.2 Å². The molecule has 0 saturated heterocycles. The van der Waals surface area contributed by atoms with E-state index in [1.807, 2.05) is 24.3 Å². The first kappa shape index (κ1) is 22.0. The van der Waals surface area contributed by atoms with Gasteiger partial charge in [0.1, 0.15) is 12.3 Å². The molecule has 2 aromatic carbocycles. The molecule has 0 saturated carbocycles. The minimum absolute atomic E-state index is 0.0365. The largest absolute Gasteiger partial charge is 0.497 e. The Morgan fingerprint density at radius 1 is 1.04 bits per heavy atom. The van der Waals surface area contributed by atoms with Crippen molar-refractivity contribution in [3.05, 3.63) is 59.7 Å². The number of aryl methyl sites for hydroxylation is 1. The van der Waals surface area contributed by atoms with Crippen LogP contribution in [0.4, 0.5) is 18.9 Å². The highest BCUT2D eigenvalue weighted by Gasteiger charge is 2.32. The summed E-state index contributed by atoms with van der Waals surface area (Å²) in [7, 11) is 1.54. The first-order chi connectivity index (χ1) is 13.3. The lowest BCUT2D eigenvalue weighted by Gasteiger charge is -2.27. The van der Waals surface area contributed by atoms with Crippen LogP contribution in [0.15, 0.2) is 48.5 Å². The lowest BCUT2D eigenvalue weighted by Crippen LogP contribution is -2.40. The number of rotatable bonds is 8. The van der Waals surface area contributed by atoms with Crippen molar-refractivity contribution in [3.63, 3.8) is 0 Å². The molecule has 0 aliphatic rings. The van der Waals surface area contributed by atoms with Crippen LogP contribution in [0.1, 0.15) is 30.9 Å². The van der Waals surface area contributed by atoms with Crippen molar-refractivity contribution >= 4 is 23.0 Å². The Morgan fingerprint density at radius 2 is 1.64 bits per heavy atom. The van der Waals surface area contributed by atoms with Crippen LogP contribution in [0.3, 0.4) is 0 Å². The van der Waals surface area contributed by atoms with E-state index in [4.69, 9.17) is 17.0 Å². The summed E-state index contributed by atoms with van der Waals surface area (Å²) in [5.74, 6) is 0.648. The van der Waals surface area contributed by atoms with Gasteiger partial charge in [-0.3, -0.25) is 0 Å². The molecule has 0 aliphatic heterocycles. The third-order valence-corrected chi connectivity index (χ3v) is 4.57. The normalized spacial score (nSPS) is 11.2. The number of hydrogen-bond acceptors (Lipinski definition) is 2. The quantitative estimate of drug-likeness (QED) is 0.556. The van der Waals surface area contributed by atoms with Gasteiger partial charge in [0.2, 0.25) is 0 Å². The van der Waals surface area contributed by atoms with Gasteiger partial charge in [0.15, 0.2) is 5.11 Å². The molecule has 7 heteroatoms. The Hall–Kier alpha value is -2.28. The second kappa shape index (κ2) is 10.3. The van der Waals surface area contributed by atoms with Gasteiger partial charge in [0.05, 0.1) is 7.11 Å². The fourth-order valence-corrected chi connectivity index (χ4v) is 2.95. The Morgan fingerprint density at radius 3 is 2.18 bits per heavy atom. The fraction of sp³-hybridized carbons (Fsp3) is 0.381. The SMILES string of the molecule is CCCCc1ccc(NC(=S)N(Cc2ccc(OC)cc2)CC(F)(F)F)cc1. The third kappa shape index (κ3) is 7.38. The molecule has 0 radical (unpaired) electrons. The standard InChI is InChI=1S/C21H25F3N2OS/c1-3-4-5-16-6-10-18(11-7-16)25-20(28)26(15-21(22,23)24)14-17-8-12-19(27-2)13-9-17/h6-13H,3-5,14-15H2,1-2H3,(H,25,28). The maximum atomic E-state index is 13.0. The van der Waals surface area contributed by atoms with Crippen molar-refractivity contribution in [2.75, 3.05) is 19.0 Å². The van der Waals surface area contributed by atoms with E-state index >= 15 is 0 Å². The molecule has 152 valence electrons. The van der Waals surface area contributed by atoms with E-state index < -0.39 is 12.7 Å². The van der Waals surface area contributed by atoms with Crippen LogP contribution < -0.4 is 10.1 Å².